The van der Waals surface area contributed by atoms with Gasteiger partial charge in [0.25, 0.3) is 5.91 Å². The third kappa shape index (κ3) is 4.72. The molecule has 178 valence electrons. The molecular weight excluding hydrogens is 448 g/mol. The molecule has 4 rings (SSSR count). The second kappa shape index (κ2) is 10.1. The number of pyridine rings is 1. The number of esters is 1. The predicted molar refractivity (Wildman–Crippen MR) is 131 cm³/mol. The number of methoxy groups -OCH3 is 3. The van der Waals surface area contributed by atoms with Crippen LogP contribution in [0, 0.1) is 0 Å². The van der Waals surface area contributed by atoms with Crippen LogP contribution in [-0.4, -0.2) is 38.2 Å². The first-order valence-electron chi connectivity index (χ1n) is 10.7. The van der Waals surface area contributed by atoms with Gasteiger partial charge >= 0.3 is 5.97 Å². The molecule has 1 atom stereocenters. The minimum Gasteiger partial charge on any atom is -0.493 e. The maximum Gasteiger partial charge on any atom is 0.340 e. The lowest BCUT2D eigenvalue weighted by Gasteiger charge is -2.17. The molecule has 0 aliphatic heterocycles. The third-order valence-corrected chi connectivity index (χ3v) is 5.48. The highest BCUT2D eigenvalue weighted by Gasteiger charge is 2.25. The Morgan fingerprint density at radius 1 is 0.829 bits per heavy atom. The average Bonchev–Trinajstić information content (AvgIpc) is 2.90. The Balaban J connectivity index is 1.83. The van der Waals surface area contributed by atoms with E-state index in [1.54, 1.807) is 66.7 Å². The second-order valence-corrected chi connectivity index (χ2v) is 7.58. The molecule has 0 radical (unpaired) electrons. The van der Waals surface area contributed by atoms with Crippen molar-refractivity contribution < 1.29 is 28.5 Å². The van der Waals surface area contributed by atoms with Gasteiger partial charge in [-0.25, -0.2) is 9.78 Å². The normalized spacial score (nSPS) is 11.5. The largest absolute Gasteiger partial charge is 0.493 e. The lowest BCUT2D eigenvalue weighted by atomic mass is 10.0. The number of rotatable bonds is 8. The number of primary amides is 1. The molecule has 0 bridgehead atoms. The highest BCUT2D eigenvalue weighted by molar-refractivity contribution is 6.05. The number of para-hydroxylation sites is 1. The molecule has 35 heavy (non-hydrogen) atoms. The molecule has 0 aliphatic rings. The van der Waals surface area contributed by atoms with E-state index in [-0.39, 0.29) is 5.56 Å². The standard InChI is InChI=1S/C27H24N2O6/c1-32-22-13-17(14-23(33-2)25(22)34-3)21-15-19(18-11-7-8-12-20(18)29-21)27(31)35-24(26(28)30)16-9-5-4-6-10-16/h4-15,24H,1-3H3,(H2,28,30). The fourth-order valence-electron chi connectivity index (χ4n) is 3.81. The van der Waals surface area contributed by atoms with Crippen molar-refractivity contribution in [2.24, 2.45) is 5.73 Å². The summed E-state index contributed by atoms with van der Waals surface area (Å²) < 4.78 is 21.9. The van der Waals surface area contributed by atoms with E-state index in [4.69, 9.17) is 29.7 Å². The molecule has 0 aliphatic carbocycles. The summed E-state index contributed by atoms with van der Waals surface area (Å²) in [5.41, 5.74) is 7.95. The van der Waals surface area contributed by atoms with Gasteiger partial charge in [-0.15, -0.1) is 0 Å². The molecule has 0 fully saturated rings. The average molecular weight is 472 g/mol. The molecule has 1 heterocycles. The van der Waals surface area contributed by atoms with Crippen LogP contribution in [0.2, 0.25) is 0 Å². The number of amides is 1. The summed E-state index contributed by atoms with van der Waals surface area (Å²) in [4.78, 5) is 30.2. The number of carbonyl (C=O) groups is 2. The van der Waals surface area contributed by atoms with Crippen LogP contribution < -0.4 is 19.9 Å². The summed E-state index contributed by atoms with van der Waals surface area (Å²) in [5, 5.41) is 0.574. The van der Waals surface area contributed by atoms with E-state index in [0.29, 0.717) is 45.0 Å². The molecule has 1 aromatic heterocycles. The molecule has 8 nitrogen and oxygen atoms in total. The third-order valence-electron chi connectivity index (χ3n) is 5.48. The Bertz CT molecular complexity index is 1360. The van der Waals surface area contributed by atoms with Gasteiger partial charge in [-0.05, 0) is 24.3 Å². The summed E-state index contributed by atoms with van der Waals surface area (Å²) in [6.07, 6.45) is -1.24. The highest BCUT2D eigenvalue weighted by Crippen LogP contribution is 2.41. The van der Waals surface area contributed by atoms with Gasteiger partial charge in [-0.2, -0.15) is 0 Å². The van der Waals surface area contributed by atoms with Crippen LogP contribution in [0.5, 0.6) is 17.2 Å². The van der Waals surface area contributed by atoms with E-state index in [9.17, 15) is 9.59 Å². The Kier molecular flexibility index (Phi) is 6.82. The van der Waals surface area contributed by atoms with Gasteiger partial charge in [0, 0.05) is 16.5 Å². The van der Waals surface area contributed by atoms with Crippen molar-refractivity contribution in [3.05, 3.63) is 83.9 Å². The number of nitrogens with zero attached hydrogens (tertiary/aromatic N) is 1. The molecule has 8 heteroatoms. The van der Waals surface area contributed by atoms with Gasteiger partial charge in [0.15, 0.2) is 11.5 Å². The van der Waals surface area contributed by atoms with E-state index in [0.717, 1.165) is 0 Å². The number of nitrogens with two attached hydrogens (primary N) is 1. The molecule has 0 saturated carbocycles. The van der Waals surface area contributed by atoms with E-state index in [1.807, 2.05) is 6.07 Å². The molecule has 2 N–H and O–H groups in total. The van der Waals surface area contributed by atoms with E-state index < -0.39 is 18.0 Å². The van der Waals surface area contributed by atoms with Crippen molar-refractivity contribution in [2.45, 2.75) is 6.10 Å². The van der Waals surface area contributed by atoms with E-state index >= 15 is 0 Å². The topological polar surface area (TPSA) is 110 Å². The van der Waals surface area contributed by atoms with Gasteiger partial charge in [0.2, 0.25) is 11.9 Å². The molecule has 0 saturated heterocycles. The number of hydrogen-bond acceptors (Lipinski definition) is 7. The SMILES string of the molecule is COc1cc(-c2cc(C(=O)OC(C(N)=O)c3ccccc3)c3ccccc3n2)cc(OC)c1OC. The van der Waals surface area contributed by atoms with Crippen molar-refractivity contribution in [1.29, 1.82) is 0 Å². The van der Waals surface area contributed by atoms with Gasteiger partial charge in [0.05, 0.1) is 38.1 Å². The Morgan fingerprint density at radius 2 is 1.46 bits per heavy atom. The lowest BCUT2D eigenvalue weighted by Crippen LogP contribution is -2.26. The maximum atomic E-state index is 13.3. The van der Waals surface area contributed by atoms with Crippen molar-refractivity contribution in [3.63, 3.8) is 0 Å². The smallest absolute Gasteiger partial charge is 0.340 e. The number of aromatic nitrogens is 1. The molecule has 1 amide bonds. The van der Waals surface area contributed by atoms with Crippen LogP contribution in [0.25, 0.3) is 22.2 Å². The fraction of sp³-hybridized carbons (Fsp3) is 0.148. The molecule has 3 aromatic carbocycles. The van der Waals surface area contributed by atoms with Crippen LogP contribution in [0.15, 0.2) is 72.8 Å². The van der Waals surface area contributed by atoms with Gasteiger partial charge in [0.1, 0.15) is 0 Å². The van der Waals surface area contributed by atoms with E-state index in [1.165, 1.54) is 21.3 Å². The first kappa shape index (κ1) is 23.6. The van der Waals surface area contributed by atoms with Crippen molar-refractivity contribution in [2.75, 3.05) is 21.3 Å². The molecule has 1 unspecified atom stereocenters. The molecule has 0 spiro atoms. The van der Waals surface area contributed by atoms with Crippen molar-refractivity contribution >= 4 is 22.8 Å². The lowest BCUT2D eigenvalue weighted by molar-refractivity contribution is -0.127. The van der Waals surface area contributed by atoms with Crippen molar-refractivity contribution in [3.8, 4) is 28.5 Å². The van der Waals surface area contributed by atoms with Crippen molar-refractivity contribution in [1.82, 2.24) is 4.98 Å². The Labute approximate surface area is 202 Å². The number of fused-ring (bicyclic) bond motifs is 1. The molecule has 4 aromatic rings. The minimum absolute atomic E-state index is 0.238. The zero-order valence-electron chi connectivity index (χ0n) is 19.5. The quantitative estimate of drug-likeness (QED) is 0.381. The number of ether oxygens (including phenoxy) is 4. The first-order valence-corrected chi connectivity index (χ1v) is 10.7. The summed E-state index contributed by atoms with van der Waals surface area (Å²) in [7, 11) is 4.56. The van der Waals surface area contributed by atoms with Gasteiger partial charge in [-0.1, -0.05) is 48.5 Å². The van der Waals surface area contributed by atoms with Crippen LogP contribution in [0.3, 0.4) is 0 Å². The fourth-order valence-corrected chi connectivity index (χ4v) is 3.81. The van der Waals surface area contributed by atoms with Crippen LogP contribution in [0.1, 0.15) is 22.0 Å². The predicted octanol–water partition coefficient (Wildman–Crippen LogP) is 4.31. The zero-order chi connectivity index (χ0) is 24.9. The molecular formula is C27H24N2O6. The summed E-state index contributed by atoms with van der Waals surface area (Å²) in [6.45, 7) is 0. The number of carbonyl (C=O) groups excluding carboxylic acids is 2. The maximum absolute atomic E-state index is 13.3. The minimum atomic E-state index is -1.24. The van der Waals surface area contributed by atoms with E-state index in [2.05, 4.69) is 0 Å². The van der Waals surface area contributed by atoms with Gasteiger partial charge in [-0.3, -0.25) is 4.79 Å². The zero-order valence-corrected chi connectivity index (χ0v) is 19.5. The Morgan fingerprint density at radius 3 is 2.06 bits per heavy atom. The monoisotopic (exact) mass is 472 g/mol. The summed E-state index contributed by atoms with van der Waals surface area (Å²) in [5.74, 6) is -0.151. The first-order chi connectivity index (χ1) is 17.0. The van der Waals surface area contributed by atoms with Crippen LogP contribution in [0.4, 0.5) is 0 Å². The van der Waals surface area contributed by atoms with Crippen LogP contribution >= 0.6 is 0 Å². The highest BCUT2D eigenvalue weighted by atomic mass is 16.5. The second-order valence-electron chi connectivity index (χ2n) is 7.58. The Hall–Kier alpha value is -4.59. The van der Waals surface area contributed by atoms with Crippen LogP contribution in [-0.2, 0) is 9.53 Å². The van der Waals surface area contributed by atoms with Gasteiger partial charge < -0.3 is 24.7 Å². The number of hydrogen-bond donors (Lipinski definition) is 1. The summed E-state index contributed by atoms with van der Waals surface area (Å²) >= 11 is 0. The summed E-state index contributed by atoms with van der Waals surface area (Å²) in [6, 6.07) is 20.9. The number of benzene rings is 3.